The molecule has 0 aromatic heterocycles. The van der Waals surface area contributed by atoms with Crippen molar-refractivity contribution >= 4 is 6.03 Å². The molecule has 2 rings (SSSR count). The fraction of sp³-hybridized carbons (Fsp3) is 0.650. The van der Waals surface area contributed by atoms with Crippen LogP contribution in [0.5, 0.6) is 0 Å². The zero-order valence-corrected chi connectivity index (χ0v) is 15.5. The van der Waals surface area contributed by atoms with Crippen LogP contribution in [0.15, 0.2) is 30.3 Å². The van der Waals surface area contributed by atoms with Gasteiger partial charge in [0, 0.05) is 25.6 Å². The zero-order chi connectivity index (χ0) is 17.6. The predicted molar refractivity (Wildman–Crippen MR) is 98.0 cm³/mol. The highest BCUT2D eigenvalue weighted by atomic mass is 16.5. The maximum absolute atomic E-state index is 12.8. The third-order valence-corrected chi connectivity index (χ3v) is 4.49. The van der Waals surface area contributed by atoms with Crippen LogP contribution < -0.4 is 5.32 Å². The van der Waals surface area contributed by atoms with E-state index in [0.29, 0.717) is 5.92 Å². The zero-order valence-electron chi connectivity index (χ0n) is 15.5. The lowest BCUT2D eigenvalue weighted by Gasteiger charge is -2.31. The second-order valence-electron chi connectivity index (χ2n) is 7.95. The molecule has 24 heavy (non-hydrogen) atoms. The van der Waals surface area contributed by atoms with Crippen LogP contribution in [0, 0.1) is 11.3 Å². The third kappa shape index (κ3) is 5.82. The van der Waals surface area contributed by atoms with Crippen LogP contribution in [0.2, 0.25) is 0 Å². The van der Waals surface area contributed by atoms with Crippen molar-refractivity contribution in [1.29, 1.82) is 0 Å². The summed E-state index contributed by atoms with van der Waals surface area (Å²) < 4.78 is 5.44. The third-order valence-electron chi connectivity index (χ3n) is 4.49. The molecule has 0 spiro atoms. The highest BCUT2D eigenvalue weighted by Gasteiger charge is 2.26. The Morgan fingerprint density at radius 3 is 2.58 bits per heavy atom. The van der Waals surface area contributed by atoms with Crippen molar-refractivity contribution in [3.63, 3.8) is 0 Å². The Hall–Kier alpha value is -1.55. The molecule has 1 aromatic rings. The molecule has 0 radical (unpaired) electrons. The molecular weight excluding hydrogens is 300 g/mol. The molecule has 4 nitrogen and oxygen atoms in total. The van der Waals surface area contributed by atoms with E-state index in [1.165, 1.54) is 5.56 Å². The van der Waals surface area contributed by atoms with Gasteiger partial charge in [-0.25, -0.2) is 4.79 Å². The van der Waals surface area contributed by atoms with E-state index in [0.717, 1.165) is 39.1 Å². The summed E-state index contributed by atoms with van der Waals surface area (Å²) in [5.74, 6) is 0.466. The molecule has 1 saturated heterocycles. The van der Waals surface area contributed by atoms with E-state index >= 15 is 0 Å². The van der Waals surface area contributed by atoms with Crippen molar-refractivity contribution in [2.45, 2.75) is 46.6 Å². The van der Waals surface area contributed by atoms with E-state index in [9.17, 15) is 4.79 Å². The summed E-state index contributed by atoms with van der Waals surface area (Å²) in [6, 6.07) is 10.3. The Labute approximate surface area is 146 Å². The molecule has 2 unspecified atom stereocenters. The number of benzene rings is 1. The van der Waals surface area contributed by atoms with Crippen LogP contribution in [0.25, 0.3) is 0 Å². The number of rotatable bonds is 6. The molecule has 0 saturated carbocycles. The summed E-state index contributed by atoms with van der Waals surface area (Å²) in [6.07, 6.45) is 1.96. The van der Waals surface area contributed by atoms with Crippen LogP contribution in [0.1, 0.15) is 52.1 Å². The van der Waals surface area contributed by atoms with Gasteiger partial charge >= 0.3 is 6.03 Å². The maximum atomic E-state index is 12.8. The minimum atomic E-state index is 0.0301. The molecule has 1 aliphatic heterocycles. The number of carbonyl (C=O) groups is 1. The van der Waals surface area contributed by atoms with Crippen molar-refractivity contribution in [3.05, 3.63) is 35.9 Å². The topological polar surface area (TPSA) is 41.6 Å². The van der Waals surface area contributed by atoms with Crippen molar-refractivity contribution < 1.29 is 9.53 Å². The molecule has 1 fully saturated rings. The smallest absolute Gasteiger partial charge is 0.317 e. The van der Waals surface area contributed by atoms with Crippen LogP contribution in [-0.4, -0.2) is 37.2 Å². The Morgan fingerprint density at radius 1 is 1.33 bits per heavy atom. The normalized spacial score (nSPS) is 19.1. The quantitative estimate of drug-likeness (QED) is 0.847. The van der Waals surface area contributed by atoms with Gasteiger partial charge in [-0.2, -0.15) is 0 Å². The van der Waals surface area contributed by atoms with Gasteiger partial charge in [-0.05, 0) is 30.7 Å². The number of urea groups is 1. The number of amides is 2. The molecule has 1 aromatic carbocycles. The van der Waals surface area contributed by atoms with E-state index in [2.05, 4.69) is 38.2 Å². The van der Waals surface area contributed by atoms with Crippen LogP contribution in [-0.2, 0) is 4.74 Å². The first-order valence-corrected chi connectivity index (χ1v) is 9.07. The molecule has 0 aliphatic carbocycles. The molecule has 1 heterocycles. The molecule has 2 atom stereocenters. The number of hydrogen-bond acceptors (Lipinski definition) is 2. The van der Waals surface area contributed by atoms with Gasteiger partial charge in [-0.3, -0.25) is 0 Å². The average Bonchev–Trinajstić information content (AvgIpc) is 3.04. The minimum Gasteiger partial charge on any atom is -0.381 e. The molecule has 1 aliphatic rings. The maximum Gasteiger partial charge on any atom is 0.317 e. The Morgan fingerprint density at radius 2 is 2.04 bits per heavy atom. The van der Waals surface area contributed by atoms with E-state index in [1.807, 2.05) is 30.0 Å². The highest BCUT2D eigenvalue weighted by molar-refractivity contribution is 5.74. The standard InChI is InChI=1S/C20H32N2O2/c1-5-22(14-16-11-12-24-15-16)19(23)21-18(13-20(2,3)4)17-9-7-6-8-10-17/h6-10,16,18H,5,11-15H2,1-4H3,(H,21,23). The number of nitrogens with one attached hydrogen (secondary N) is 1. The van der Waals surface area contributed by atoms with Crippen molar-refractivity contribution in [2.24, 2.45) is 11.3 Å². The lowest BCUT2D eigenvalue weighted by atomic mass is 9.85. The highest BCUT2D eigenvalue weighted by Crippen LogP contribution is 2.29. The Kier molecular flexibility index (Phi) is 6.67. The lowest BCUT2D eigenvalue weighted by molar-refractivity contribution is 0.163. The van der Waals surface area contributed by atoms with Gasteiger partial charge in [0.25, 0.3) is 0 Å². The van der Waals surface area contributed by atoms with Gasteiger partial charge in [-0.1, -0.05) is 51.1 Å². The van der Waals surface area contributed by atoms with E-state index in [4.69, 9.17) is 4.74 Å². The molecule has 4 heteroatoms. The molecule has 134 valence electrons. The second-order valence-corrected chi connectivity index (χ2v) is 7.95. The summed E-state index contributed by atoms with van der Waals surface area (Å²) in [7, 11) is 0. The van der Waals surface area contributed by atoms with Gasteiger partial charge < -0.3 is 15.0 Å². The summed E-state index contributed by atoms with van der Waals surface area (Å²) in [4.78, 5) is 14.7. The monoisotopic (exact) mass is 332 g/mol. The number of ether oxygens (including phenoxy) is 1. The minimum absolute atomic E-state index is 0.0301. The van der Waals surface area contributed by atoms with E-state index in [-0.39, 0.29) is 17.5 Å². The first-order chi connectivity index (χ1) is 11.4. The fourth-order valence-corrected chi connectivity index (χ4v) is 3.18. The summed E-state index contributed by atoms with van der Waals surface area (Å²) in [6.45, 7) is 11.8. The largest absolute Gasteiger partial charge is 0.381 e. The number of carbonyl (C=O) groups excluding carboxylic acids is 1. The molecule has 0 bridgehead atoms. The first kappa shape index (κ1) is 18.8. The lowest BCUT2D eigenvalue weighted by Crippen LogP contribution is -2.44. The SMILES string of the molecule is CCN(CC1CCOC1)C(=O)NC(CC(C)(C)C)c1ccccc1. The molecule has 2 amide bonds. The van der Waals surface area contributed by atoms with Crippen LogP contribution in [0.3, 0.4) is 0 Å². The van der Waals surface area contributed by atoms with Gasteiger partial charge in [0.15, 0.2) is 0 Å². The van der Waals surface area contributed by atoms with Crippen LogP contribution >= 0.6 is 0 Å². The van der Waals surface area contributed by atoms with Crippen LogP contribution in [0.4, 0.5) is 4.79 Å². The molecular formula is C20H32N2O2. The predicted octanol–water partition coefficient (Wildman–Crippen LogP) is 4.23. The second kappa shape index (κ2) is 8.52. The van der Waals surface area contributed by atoms with Gasteiger partial charge in [0.1, 0.15) is 0 Å². The number of hydrogen-bond donors (Lipinski definition) is 1. The van der Waals surface area contributed by atoms with E-state index in [1.54, 1.807) is 0 Å². The summed E-state index contributed by atoms with van der Waals surface area (Å²) in [5, 5.41) is 3.26. The first-order valence-electron chi connectivity index (χ1n) is 9.07. The summed E-state index contributed by atoms with van der Waals surface area (Å²) in [5.41, 5.74) is 1.31. The Bertz CT molecular complexity index is 504. The fourth-order valence-electron chi connectivity index (χ4n) is 3.18. The number of nitrogens with zero attached hydrogens (tertiary/aromatic N) is 1. The van der Waals surface area contributed by atoms with Crippen molar-refractivity contribution in [1.82, 2.24) is 10.2 Å². The van der Waals surface area contributed by atoms with Crippen molar-refractivity contribution in [2.75, 3.05) is 26.3 Å². The van der Waals surface area contributed by atoms with E-state index < -0.39 is 0 Å². The average molecular weight is 332 g/mol. The van der Waals surface area contributed by atoms with Gasteiger partial charge in [0.05, 0.1) is 12.6 Å². The Balaban J connectivity index is 2.04. The van der Waals surface area contributed by atoms with Crippen molar-refractivity contribution in [3.8, 4) is 0 Å². The molecule has 1 N–H and O–H groups in total. The summed E-state index contributed by atoms with van der Waals surface area (Å²) >= 11 is 0. The van der Waals surface area contributed by atoms with Gasteiger partial charge in [0.2, 0.25) is 0 Å². The van der Waals surface area contributed by atoms with Gasteiger partial charge in [-0.15, -0.1) is 0 Å².